The molecule has 0 aliphatic heterocycles. The molecule has 2 heterocycles. The normalized spacial score (nSPS) is 11.4. The largest absolute Gasteiger partial charge is 0.462 e. The first-order chi connectivity index (χ1) is 23.8. The molecule has 0 aliphatic rings. The number of hydrogen-bond acceptors (Lipinski definition) is 7. The van der Waals surface area contributed by atoms with Crippen molar-refractivity contribution in [3.8, 4) is 11.1 Å². The van der Waals surface area contributed by atoms with Crippen LogP contribution in [0.4, 0.5) is 0 Å². The summed E-state index contributed by atoms with van der Waals surface area (Å²) in [4.78, 5) is 44.9. The zero-order valence-corrected chi connectivity index (χ0v) is 27.5. The highest BCUT2D eigenvalue weighted by molar-refractivity contribution is 6.05. The number of carbonyl (C=O) groups is 3. The quantitative estimate of drug-likeness (QED) is 0.0832. The van der Waals surface area contributed by atoms with E-state index in [0.717, 1.165) is 49.8 Å². The molecule has 49 heavy (non-hydrogen) atoms. The molecular weight excluding hydrogens is 612 g/mol. The third-order valence-electron chi connectivity index (χ3n) is 8.08. The Morgan fingerprint density at radius 2 is 1.08 bits per heavy atom. The number of aldehydes is 1. The molecular formula is C42H34N2O5. The van der Waals surface area contributed by atoms with E-state index < -0.39 is 11.9 Å². The Kier molecular flexibility index (Phi) is 9.81. The van der Waals surface area contributed by atoms with Crippen LogP contribution in [0, 0.1) is 6.92 Å². The molecule has 0 unspecified atom stereocenters. The van der Waals surface area contributed by atoms with Crippen LogP contribution in [0.15, 0.2) is 97.1 Å². The van der Waals surface area contributed by atoms with Crippen molar-refractivity contribution in [2.24, 2.45) is 0 Å². The van der Waals surface area contributed by atoms with Crippen LogP contribution in [0.5, 0.6) is 0 Å². The monoisotopic (exact) mass is 646 g/mol. The average molecular weight is 647 g/mol. The molecule has 0 radical (unpaired) electrons. The Bertz CT molecular complexity index is 2250. The molecule has 0 aliphatic carbocycles. The van der Waals surface area contributed by atoms with Gasteiger partial charge in [-0.1, -0.05) is 85.0 Å². The molecule has 7 heteroatoms. The van der Waals surface area contributed by atoms with Gasteiger partial charge in [0, 0.05) is 10.8 Å². The summed E-state index contributed by atoms with van der Waals surface area (Å²) in [5, 5.41) is 1.63. The van der Waals surface area contributed by atoms with E-state index in [-0.39, 0.29) is 12.3 Å². The fraction of sp³-hybridized carbons (Fsp3) is 0.119. The minimum absolute atomic E-state index is 0.188. The highest BCUT2D eigenvalue weighted by atomic mass is 16.5. The summed E-state index contributed by atoms with van der Waals surface area (Å²) in [7, 11) is 0. The first-order valence-corrected chi connectivity index (χ1v) is 16.1. The van der Waals surface area contributed by atoms with E-state index in [2.05, 4.69) is 76.7 Å². The number of ether oxygens (including phenoxy) is 2. The van der Waals surface area contributed by atoms with Crippen LogP contribution in [0.25, 0.3) is 57.2 Å². The number of carbonyl (C=O) groups excluding carboxylic acids is 3. The number of aryl methyl sites for hydroxylation is 1. The minimum Gasteiger partial charge on any atom is -0.462 e. The maximum Gasteiger partial charge on any atom is 0.356 e. The zero-order valence-electron chi connectivity index (χ0n) is 27.5. The summed E-state index contributed by atoms with van der Waals surface area (Å²) >= 11 is 0. The van der Waals surface area contributed by atoms with Gasteiger partial charge in [0.15, 0.2) is 6.29 Å². The Morgan fingerprint density at radius 3 is 1.63 bits per heavy atom. The number of pyridine rings is 2. The van der Waals surface area contributed by atoms with Gasteiger partial charge in [0.25, 0.3) is 0 Å². The number of benzene rings is 4. The van der Waals surface area contributed by atoms with Crippen molar-refractivity contribution in [2.45, 2.75) is 20.8 Å². The van der Waals surface area contributed by atoms with E-state index in [1.165, 1.54) is 6.07 Å². The molecule has 0 N–H and O–H groups in total. The lowest BCUT2D eigenvalue weighted by Gasteiger charge is -2.08. The lowest BCUT2D eigenvalue weighted by molar-refractivity contribution is 0.0513. The summed E-state index contributed by atoms with van der Waals surface area (Å²) in [6.07, 6.45) is 8.77. The van der Waals surface area contributed by atoms with Crippen molar-refractivity contribution in [1.29, 1.82) is 0 Å². The van der Waals surface area contributed by atoms with Gasteiger partial charge in [0.2, 0.25) is 0 Å². The summed E-state index contributed by atoms with van der Waals surface area (Å²) in [6.45, 7) is 6.05. The number of nitrogens with zero attached hydrogens (tertiary/aromatic N) is 2. The predicted octanol–water partition coefficient (Wildman–Crippen LogP) is 9.27. The maximum absolute atomic E-state index is 12.6. The lowest BCUT2D eigenvalue weighted by atomic mass is 10.0. The Hall–Kier alpha value is -6.21. The minimum atomic E-state index is -0.482. The highest BCUT2D eigenvalue weighted by Gasteiger charge is 2.15. The van der Waals surface area contributed by atoms with Crippen molar-refractivity contribution in [3.63, 3.8) is 0 Å². The van der Waals surface area contributed by atoms with Gasteiger partial charge in [-0.25, -0.2) is 19.6 Å². The van der Waals surface area contributed by atoms with Gasteiger partial charge in [0.05, 0.1) is 29.8 Å². The molecule has 4 aromatic carbocycles. The number of hydrogen-bond donors (Lipinski definition) is 0. The van der Waals surface area contributed by atoms with E-state index in [9.17, 15) is 14.4 Å². The average Bonchev–Trinajstić information content (AvgIpc) is 3.13. The Labute approximate surface area is 284 Å². The molecule has 0 saturated carbocycles. The van der Waals surface area contributed by atoms with Gasteiger partial charge < -0.3 is 9.47 Å². The van der Waals surface area contributed by atoms with Crippen molar-refractivity contribution >= 4 is 64.3 Å². The third-order valence-corrected chi connectivity index (χ3v) is 8.08. The van der Waals surface area contributed by atoms with E-state index in [1.807, 2.05) is 43.3 Å². The van der Waals surface area contributed by atoms with Gasteiger partial charge in [-0.3, -0.25) is 4.79 Å². The summed E-state index contributed by atoms with van der Waals surface area (Å²) in [5.74, 6) is -0.891. The third kappa shape index (κ3) is 7.52. The van der Waals surface area contributed by atoms with Crippen LogP contribution < -0.4 is 0 Å². The first-order valence-electron chi connectivity index (χ1n) is 16.1. The van der Waals surface area contributed by atoms with E-state index >= 15 is 0 Å². The second-order valence-electron chi connectivity index (χ2n) is 11.4. The molecule has 2 aromatic heterocycles. The van der Waals surface area contributed by atoms with Crippen molar-refractivity contribution in [1.82, 2.24) is 9.97 Å². The van der Waals surface area contributed by atoms with E-state index in [4.69, 9.17) is 9.47 Å². The van der Waals surface area contributed by atoms with Crippen molar-refractivity contribution < 1.29 is 23.9 Å². The number of fused-ring (bicyclic) bond motifs is 2. The molecule has 0 atom stereocenters. The molecule has 242 valence electrons. The van der Waals surface area contributed by atoms with Crippen molar-refractivity contribution in [2.75, 3.05) is 13.2 Å². The van der Waals surface area contributed by atoms with Crippen molar-refractivity contribution in [3.05, 3.63) is 142 Å². The fourth-order valence-corrected chi connectivity index (χ4v) is 5.59. The predicted molar refractivity (Wildman–Crippen MR) is 195 cm³/mol. The first kappa shape index (κ1) is 32.7. The van der Waals surface area contributed by atoms with E-state index in [0.29, 0.717) is 35.1 Å². The summed E-state index contributed by atoms with van der Waals surface area (Å²) < 4.78 is 10.3. The van der Waals surface area contributed by atoms with Gasteiger partial charge in [0.1, 0.15) is 11.4 Å². The molecule has 0 amide bonds. The summed E-state index contributed by atoms with van der Waals surface area (Å²) in [5.41, 5.74) is 9.39. The van der Waals surface area contributed by atoms with Gasteiger partial charge in [-0.2, -0.15) is 0 Å². The highest BCUT2D eigenvalue weighted by Crippen LogP contribution is 2.25. The topological polar surface area (TPSA) is 95.5 Å². The second kappa shape index (κ2) is 14.7. The maximum atomic E-state index is 12.6. The van der Waals surface area contributed by atoms with Crippen LogP contribution in [-0.4, -0.2) is 41.4 Å². The van der Waals surface area contributed by atoms with E-state index in [1.54, 1.807) is 26.0 Å². The second-order valence-corrected chi connectivity index (χ2v) is 11.4. The number of esters is 2. The molecule has 6 rings (SSSR count). The van der Waals surface area contributed by atoms with Gasteiger partial charge >= 0.3 is 11.9 Å². The van der Waals surface area contributed by atoms with Crippen LogP contribution in [-0.2, 0) is 9.47 Å². The van der Waals surface area contributed by atoms with Crippen LogP contribution in [0.3, 0.4) is 0 Å². The van der Waals surface area contributed by atoms with Gasteiger partial charge in [-0.15, -0.1) is 0 Å². The molecule has 6 aromatic rings. The van der Waals surface area contributed by atoms with Crippen LogP contribution in [0.2, 0.25) is 0 Å². The molecule has 0 fully saturated rings. The Morgan fingerprint density at radius 1 is 0.592 bits per heavy atom. The van der Waals surface area contributed by atoms with Crippen LogP contribution in [0.1, 0.15) is 73.0 Å². The number of rotatable bonds is 10. The molecule has 0 spiro atoms. The van der Waals surface area contributed by atoms with Crippen LogP contribution >= 0.6 is 0 Å². The SMILES string of the molecule is CCOC(=O)c1cc(C)c2cc(/C=C/c3ccc(-c4ccc(/C=C/c5ccc6nc(C=O)cc(C(=O)OCC)c6c5)cc4)cc3)ccc2n1. The molecule has 0 bridgehead atoms. The number of aromatic nitrogens is 2. The van der Waals surface area contributed by atoms with Gasteiger partial charge in [-0.05, 0) is 96.1 Å². The molecule has 0 saturated heterocycles. The zero-order chi connectivity index (χ0) is 34.3. The summed E-state index contributed by atoms with van der Waals surface area (Å²) in [6, 6.07) is 31.5. The fourth-order valence-electron chi connectivity index (χ4n) is 5.59. The Balaban J connectivity index is 1.14. The smallest absolute Gasteiger partial charge is 0.356 e. The standard InChI is InChI=1S/C42H34N2O5/c1-4-48-41(46)37-25-34(26-45)43-39-21-15-31(24-36(37)39)9-7-29-12-18-33(19-13-29)32-16-10-28(11-17-32)6-8-30-14-20-38-35(23-30)27(3)22-40(44-38)42(47)49-5-2/h6-26H,4-5H2,1-3H3/b8-6+,9-7+. The lowest BCUT2D eigenvalue weighted by Crippen LogP contribution is -2.07. The molecule has 7 nitrogen and oxygen atoms in total.